The average molecular weight is 787 g/mol. The van der Waals surface area contributed by atoms with Crippen LogP contribution in [0.25, 0.3) is 0 Å². The van der Waals surface area contributed by atoms with Gasteiger partial charge in [-0.25, -0.2) is 0 Å². The molecule has 1 saturated carbocycles. The molecule has 0 amide bonds. The predicted molar refractivity (Wildman–Crippen MR) is 159 cm³/mol. The number of rotatable bonds is 3. The maximum Gasteiger partial charge on any atom is 0.0267 e. The summed E-state index contributed by atoms with van der Waals surface area (Å²) in [6, 6.07) is 38.0. The Morgan fingerprint density at radius 3 is 0.878 bits per heavy atom. The van der Waals surface area contributed by atoms with Crippen LogP contribution in [0.3, 0.4) is 0 Å². The molecule has 10 heteroatoms. The van der Waals surface area contributed by atoms with Crippen molar-refractivity contribution in [2.24, 2.45) is 0 Å². The summed E-state index contributed by atoms with van der Waals surface area (Å²) in [6.07, 6.45) is 17.5. The largest absolute Gasteiger partial charge is 0.265 e. The number of pyridine rings is 1. The number of halogens is 6. The van der Waals surface area contributed by atoms with Gasteiger partial charge in [-0.2, -0.15) is 0 Å². The normalized spacial score (nSPS) is 14.7. The van der Waals surface area contributed by atoms with E-state index in [1.165, 1.54) is 41.6 Å². The summed E-state index contributed by atoms with van der Waals surface area (Å²) in [5, 5.41) is 4.19. The van der Waals surface area contributed by atoms with Gasteiger partial charge in [-0.1, -0.05) is 97.1 Å². The van der Waals surface area contributed by atoms with Crippen LogP contribution >= 0.6 is 15.7 Å². The SMILES string of the molecule is F[P-](F)(F)(F)(F)F.[CH]1[CH]CC[CH][CH]CC1.[Ir].c1ccc(P(c2ccccc2)c2ccccc2)cc1.c1ccncc1. The molecule has 3 aromatic carbocycles. The van der Waals surface area contributed by atoms with Crippen molar-refractivity contribution in [1.29, 1.82) is 0 Å². The van der Waals surface area contributed by atoms with Gasteiger partial charge in [-0.15, -0.1) is 0 Å². The molecule has 1 aliphatic carbocycles. The van der Waals surface area contributed by atoms with E-state index >= 15 is 0 Å². The summed E-state index contributed by atoms with van der Waals surface area (Å²) in [6.45, 7) is 0. The van der Waals surface area contributed by atoms with Crippen molar-refractivity contribution in [2.45, 2.75) is 25.7 Å². The first-order valence-electron chi connectivity index (χ1n) is 12.6. The van der Waals surface area contributed by atoms with Crippen molar-refractivity contribution in [3.05, 3.63) is 147 Å². The van der Waals surface area contributed by atoms with E-state index in [0.717, 1.165) is 0 Å². The van der Waals surface area contributed by atoms with Gasteiger partial charge in [0.05, 0.1) is 0 Å². The van der Waals surface area contributed by atoms with E-state index in [1.54, 1.807) is 12.4 Å². The fourth-order valence-electron chi connectivity index (χ4n) is 3.35. The topological polar surface area (TPSA) is 12.9 Å². The van der Waals surface area contributed by atoms with Crippen LogP contribution in [0, 0.1) is 25.7 Å². The quantitative estimate of drug-likeness (QED) is 0.149. The molecule has 223 valence electrons. The molecule has 41 heavy (non-hydrogen) atoms. The van der Waals surface area contributed by atoms with Crippen molar-refractivity contribution in [3.8, 4) is 0 Å². The van der Waals surface area contributed by atoms with Crippen molar-refractivity contribution in [1.82, 2.24) is 4.98 Å². The number of hydrogen-bond acceptors (Lipinski definition) is 1. The molecule has 0 aliphatic heterocycles. The van der Waals surface area contributed by atoms with E-state index in [4.69, 9.17) is 0 Å². The number of benzene rings is 3. The fourth-order valence-corrected chi connectivity index (χ4v) is 5.65. The van der Waals surface area contributed by atoms with Gasteiger partial charge in [0.2, 0.25) is 0 Å². The van der Waals surface area contributed by atoms with E-state index in [0.29, 0.717) is 0 Å². The second-order valence-electron chi connectivity index (χ2n) is 8.42. The van der Waals surface area contributed by atoms with Crippen LogP contribution in [0.1, 0.15) is 25.7 Å². The molecule has 0 spiro atoms. The summed E-state index contributed by atoms with van der Waals surface area (Å²) in [4.78, 5) is 3.78. The van der Waals surface area contributed by atoms with Crippen LogP contribution in [-0.4, -0.2) is 4.98 Å². The van der Waals surface area contributed by atoms with E-state index in [9.17, 15) is 25.2 Å². The Hall–Kier alpha value is -2.10. The molecule has 0 unspecified atom stereocenters. The summed E-state index contributed by atoms with van der Waals surface area (Å²) in [7, 11) is -11.1. The van der Waals surface area contributed by atoms with E-state index in [2.05, 4.69) is 122 Å². The fraction of sp³-hybridized carbons (Fsp3) is 0.129. The van der Waals surface area contributed by atoms with Crippen molar-refractivity contribution in [3.63, 3.8) is 0 Å². The van der Waals surface area contributed by atoms with Crippen LogP contribution in [0.5, 0.6) is 0 Å². The van der Waals surface area contributed by atoms with Crippen molar-refractivity contribution >= 4 is 31.6 Å². The number of aromatic nitrogens is 1. The minimum atomic E-state index is -10.7. The van der Waals surface area contributed by atoms with Gasteiger partial charge in [0.1, 0.15) is 0 Å². The first-order valence-corrected chi connectivity index (χ1v) is 15.9. The molecule has 5 rings (SSSR count). The van der Waals surface area contributed by atoms with Crippen LogP contribution in [-0.2, 0) is 20.1 Å². The van der Waals surface area contributed by atoms with Gasteiger partial charge in [0, 0.05) is 32.5 Å². The van der Waals surface area contributed by atoms with Crippen LogP contribution in [0.4, 0.5) is 25.2 Å². The Bertz CT molecular complexity index is 1030. The van der Waals surface area contributed by atoms with Gasteiger partial charge in [-0.3, -0.25) is 4.98 Å². The predicted octanol–water partition coefficient (Wildman–Crippen LogP) is 10.3. The maximum atomic E-state index is 9.87. The monoisotopic (exact) mass is 787 g/mol. The third-order valence-corrected chi connectivity index (χ3v) is 7.39. The maximum absolute atomic E-state index is 10.7. The summed E-state index contributed by atoms with van der Waals surface area (Å²) in [5.41, 5.74) is 0. The average Bonchev–Trinajstić information content (AvgIpc) is 2.90. The van der Waals surface area contributed by atoms with Gasteiger partial charge >= 0.3 is 33.0 Å². The molecule has 1 aliphatic rings. The number of hydrogen-bond donors (Lipinski definition) is 0. The van der Waals surface area contributed by atoms with Gasteiger partial charge in [0.15, 0.2) is 0 Å². The van der Waals surface area contributed by atoms with E-state index < -0.39 is 15.7 Å². The Labute approximate surface area is 254 Å². The first kappa shape index (κ1) is 36.9. The molecular weight excluding hydrogens is 755 g/mol. The Kier molecular flexibility index (Phi) is 16.0. The van der Waals surface area contributed by atoms with Crippen molar-refractivity contribution in [2.75, 3.05) is 0 Å². The molecule has 5 radical (unpaired) electrons. The smallest absolute Gasteiger partial charge is 0.0267 e. The van der Waals surface area contributed by atoms with Gasteiger partial charge in [0.25, 0.3) is 0 Å². The molecule has 1 nitrogen and oxygen atoms in total. The van der Waals surface area contributed by atoms with Gasteiger partial charge < -0.3 is 0 Å². The second-order valence-corrected chi connectivity index (χ2v) is 12.6. The van der Waals surface area contributed by atoms with Crippen LogP contribution in [0.2, 0.25) is 0 Å². The zero-order valence-corrected chi connectivity index (χ0v) is 26.3. The van der Waals surface area contributed by atoms with Crippen molar-refractivity contribution < 1.29 is 45.3 Å². The summed E-state index contributed by atoms with van der Waals surface area (Å²) >= 11 is 0. The molecule has 1 heterocycles. The minimum absolute atomic E-state index is 0. The minimum Gasteiger partial charge on any atom is -0.265 e. The second kappa shape index (κ2) is 17.8. The number of nitrogens with zero attached hydrogens (tertiary/aromatic N) is 1. The molecule has 1 aromatic heterocycles. The molecule has 1 fully saturated rings. The molecule has 0 N–H and O–H groups in total. The van der Waals surface area contributed by atoms with Gasteiger partial charge in [-0.05, 0) is 87.3 Å². The molecule has 4 aromatic rings. The molecule has 0 bridgehead atoms. The first-order chi connectivity index (χ1) is 18.9. The zero-order chi connectivity index (χ0) is 29.2. The molecule has 0 atom stereocenters. The zero-order valence-electron chi connectivity index (χ0n) is 22.1. The summed E-state index contributed by atoms with van der Waals surface area (Å²) < 4.78 is 59.2. The summed E-state index contributed by atoms with van der Waals surface area (Å²) in [5.74, 6) is 0. The van der Waals surface area contributed by atoms with E-state index in [-0.39, 0.29) is 20.1 Å². The van der Waals surface area contributed by atoms with Crippen LogP contribution < -0.4 is 15.9 Å². The third kappa shape index (κ3) is 21.3. The Balaban J connectivity index is 0.000000317. The standard InChI is InChI=1S/C18H15P.C8H12.C5H5N.F6P.Ir/c1-4-10-16(11-5-1)19(17-12-6-2-7-13-17)18-14-8-3-9-15-18;1-2-4-6-8-7-5-3-1;1-2-4-6-5-3-1;1-7(2,3,4,5)6;/h1-15H;1-2,7-8H,3-6H2;1-5H;;/q;;;-1;. The van der Waals surface area contributed by atoms with Crippen LogP contribution in [0.15, 0.2) is 122 Å². The van der Waals surface area contributed by atoms with E-state index in [1.807, 2.05) is 18.2 Å². The third-order valence-electron chi connectivity index (χ3n) is 4.94. The molecular formula is C31H32F6IrNP2-. The Morgan fingerprint density at radius 2 is 0.683 bits per heavy atom. The Morgan fingerprint density at radius 1 is 0.439 bits per heavy atom. The molecule has 0 saturated heterocycles.